The van der Waals surface area contributed by atoms with Gasteiger partial charge in [-0.25, -0.2) is 8.42 Å². The number of fused-ring (bicyclic) bond motifs is 3. The van der Waals surface area contributed by atoms with Gasteiger partial charge in [0.25, 0.3) is 21.8 Å². The molecule has 0 aliphatic carbocycles. The molecule has 0 saturated heterocycles. The van der Waals surface area contributed by atoms with Crippen LogP contribution >= 0.6 is 11.8 Å². The highest BCUT2D eigenvalue weighted by atomic mass is 32.2. The monoisotopic (exact) mass is 474 g/mol. The van der Waals surface area contributed by atoms with E-state index >= 15 is 0 Å². The lowest BCUT2D eigenvalue weighted by atomic mass is 10.1. The van der Waals surface area contributed by atoms with Crippen molar-refractivity contribution < 1.29 is 22.7 Å². The molecule has 0 radical (unpaired) electrons. The van der Waals surface area contributed by atoms with E-state index in [0.717, 1.165) is 21.7 Å². The number of sulfonamides is 1. The van der Waals surface area contributed by atoms with Crippen molar-refractivity contribution in [2.45, 2.75) is 31.8 Å². The number of ether oxygens (including phenoxy) is 1. The van der Waals surface area contributed by atoms with Crippen molar-refractivity contribution in [2.75, 3.05) is 17.2 Å². The number of rotatable bonds is 4. The summed E-state index contributed by atoms with van der Waals surface area (Å²) in [6.45, 7) is 5.79. The summed E-state index contributed by atoms with van der Waals surface area (Å²) in [5.41, 5.74) is 7.90. The number of nitrogens with zero attached hydrogens (tertiary/aromatic N) is 2. The van der Waals surface area contributed by atoms with Crippen molar-refractivity contribution in [2.24, 2.45) is 4.40 Å². The Morgan fingerprint density at radius 2 is 1.97 bits per heavy atom. The van der Waals surface area contributed by atoms with Crippen LogP contribution in [0.1, 0.15) is 28.4 Å². The second-order valence-electron chi connectivity index (χ2n) is 7.50. The molecule has 2 N–H and O–H groups in total. The van der Waals surface area contributed by atoms with Crippen LogP contribution in [0.4, 0.5) is 5.69 Å². The number of benzene rings is 2. The van der Waals surface area contributed by atoms with Crippen molar-refractivity contribution in [1.29, 1.82) is 0 Å². The Balaban J connectivity index is 1.38. The minimum absolute atomic E-state index is 0.0485. The van der Waals surface area contributed by atoms with Gasteiger partial charge in [0.05, 0.1) is 11.4 Å². The molecule has 9 nitrogen and oxygen atoms in total. The largest absolute Gasteiger partial charge is 0.481 e. The predicted molar refractivity (Wildman–Crippen MR) is 122 cm³/mol. The van der Waals surface area contributed by atoms with Crippen LogP contribution in [-0.2, 0) is 14.8 Å². The Kier molecular flexibility index (Phi) is 5.87. The first-order valence-electron chi connectivity index (χ1n) is 9.90. The van der Waals surface area contributed by atoms with Gasteiger partial charge in [-0.3, -0.25) is 20.4 Å². The molecule has 0 bridgehead atoms. The highest BCUT2D eigenvalue weighted by molar-refractivity contribution is 8.15. The van der Waals surface area contributed by atoms with Crippen LogP contribution in [0, 0.1) is 13.8 Å². The highest BCUT2D eigenvalue weighted by Crippen LogP contribution is 2.42. The van der Waals surface area contributed by atoms with E-state index in [1.165, 1.54) is 11.8 Å². The van der Waals surface area contributed by atoms with Gasteiger partial charge >= 0.3 is 0 Å². The third kappa shape index (κ3) is 4.44. The first-order valence-corrected chi connectivity index (χ1v) is 12.3. The lowest BCUT2D eigenvalue weighted by Gasteiger charge is -2.22. The minimum atomic E-state index is -3.45. The van der Waals surface area contributed by atoms with Crippen LogP contribution in [0.5, 0.6) is 5.75 Å². The second-order valence-corrected chi connectivity index (χ2v) is 10.3. The van der Waals surface area contributed by atoms with Crippen LogP contribution in [0.2, 0.25) is 0 Å². The number of thioether (sulfide) groups is 1. The lowest BCUT2D eigenvalue weighted by Crippen LogP contribution is -2.47. The fraction of sp³-hybridized carbons (Fsp3) is 0.286. The van der Waals surface area contributed by atoms with E-state index in [-0.39, 0.29) is 5.75 Å². The molecule has 2 aliphatic rings. The van der Waals surface area contributed by atoms with Gasteiger partial charge < -0.3 is 9.64 Å². The van der Waals surface area contributed by atoms with E-state index in [9.17, 15) is 18.0 Å². The summed E-state index contributed by atoms with van der Waals surface area (Å²) in [4.78, 5) is 27.4. The number of aryl methyl sites for hydroxylation is 1. The van der Waals surface area contributed by atoms with Crippen LogP contribution in [0.25, 0.3) is 0 Å². The van der Waals surface area contributed by atoms with E-state index in [1.807, 2.05) is 30.9 Å². The normalized spacial score (nSPS) is 17.0. The second kappa shape index (κ2) is 8.47. The van der Waals surface area contributed by atoms with Gasteiger partial charge in [0.1, 0.15) is 5.75 Å². The minimum Gasteiger partial charge on any atom is -0.481 e. The number of hydrazine groups is 1. The summed E-state index contributed by atoms with van der Waals surface area (Å²) in [6.07, 6.45) is -0.817. The Bertz CT molecular complexity index is 1240. The molecule has 0 spiro atoms. The van der Waals surface area contributed by atoms with Crippen molar-refractivity contribution in [3.05, 3.63) is 53.1 Å². The molecule has 4 rings (SSSR count). The standard InChI is InChI=1S/C21H22N4O5S2/c1-12-5-4-6-17(13(12)2)30-14(3)19(26)22-23-20(27)15-7-8-16-18(11-15)31-21-24-32(28,29)10-9-25(16)21/h4-8,11,14H,9-10H2,1-3H3,(H,22,26)(H,23,27). The van der Waals surface area contributed by atoms with Crippen LogP contribution in [0.15, 0.2) is 45.7 Å². The van der Waals surface area contributed by atoms with Gasteiger partial charge in [-0.2, -0.15) is 0 Å². The SMILES string of the molecule is Cc1cccc(OC(C)C(=O)NNC(=O)c2ccc3c(c2)SC2=NS(=O)(=O)CCN23)c1C. The molecule has 2 heterocycles. The Hall–Kier alpha value is -3.05. The zero-order valence-corrected chi connectivity index (χ0v) is 19.3. The van der Waals surface area contributed by atoms with Gasteiger partial charge in [0.2, 0.25) is 0 Å². The Morgan fingerprint density at radius 3 is 2.75 bits per heavy atom. The zero-order valence-electron chi connectivity index (χ0n) is 17.7. The molecule has 2 amide bonds. The highest BCUT2D eigenvalue weighted by Gasteiger charge is 2.33. The number of carbonyl (C=O) groups is 2. The van der Waals surface area contributed by atoms with Gasteiger partial charge in [-0.15, -0.1) is 4.40 Å². The van der Waals surface area contributed by atoms with E-state index in [0.29, 0.717) is 23.0 Å². The predicted octanol–water partition coefficient (Wildman–Crippen LogP) is 2.14. The van der Waals surface area contributed by atoms with E-state index < -0.39 is 27.9 Å². The van der Waals surface area contributed by atoms with Gasteiger partial charge in [-0.1, -0.05) is 12.1 Å². The Labute approximate surface area is 190 Å². The number of amides is 2. The van der Waals surface area contributed by atoms with Gasteiger partial charge in [0, 0.05) is 17.0 Å². The molecule has 0 aromatic heterocycles. The molecule has 0 saturated carbocycles. The smallest absolute Gasteiger partial charge is 0.279 e. The molecule has 2 aromatic rings. The summed E-state index contributed by atoms with van der Waals surface area (Å²) in [6, 6.07) is 10.6. The molecule has 2 aromatic carbocycles. The molecule has 0 fully saturated rings. The summed E-state index contributed by atoms with van der Waals surface area (Å²) in [5.74, 6) is -0.435. The van der Waals surface area contributed by atoms with Crippen LogP contribution in [0.3, 0.4) is 0 Å². The number of nitrogens with one attached hydrogen (secondary N) is 2. The van der Waals surface area contributed by atoms with Crippen molar-refractivity contribution in [3.63, 3.8) is 0 Å². The molecular formula is C21H22N4O5S2. The maximum atomic E-state index is 12.5. The number of hydrogen-bond donors (Lipinski definition) is 2. The number of amidine groups is 1. The maximum Gasteiger partial charge on any atom is 0.279 e. The number of hydrogen-bond acceptors (Lipinski definition) is 7. The third-order valence-corrected chi connectivity index (χ3v) is 7.57. The molecule has 168 valence electrons. The summed E-state index contributed by atoms with van der Waals surface area (Å²) in [5, 5.41) is 0.384. The Morgan fingerprint density at radius 1 is 1.19 bits per heavy atom. The van der Waals surface area contributed by atoms with Crippen molar-refractivity contribution >= 4 is 44.5 Å². The lowest BCUT2D eigenvalue weighted by molar-refractivity contribution is -0.128. The van der Waals surface area contributed by atoms with E-state index in [1.54, 1.807) is 31.2 Å². The molecule has 32 heavy (non-hydrogen) atoms. The zero-order chi connectivity index (χ0) is 23.0. The molecule has 11 heteroatoms. The fourth-order valence-corrected chi connectivity index (χ4v) is 5.56. The maximum absolute atomic E-state index is 12.5. The van der Waals surface area contributed by atoms with Gasteiger partial charge in [0.15, 0.2) is 11.3 Å². The fourth-order valence-electron chi connectivity index (χ4n) is 3.26. The first kappa shape index (κ1) is 22.2. The van der Waals surface area contributed by atoms with Crippen molar-refractivity contribution in [1.82, 2.24) is 10.9 Å². The van der Waals surface area contributed by atoms with E-state index in [4.69, 9.17) is 4.74 Å². The quantitative estimate of drug-likeness (QED) is 0.652. The number of anilines is 1. The molecule has 1 atom stereocenters. The van der Waals surface area contributed by atoms with Gasteiger partial charge in [-0.05, 0) is 67.9 Å². The topological polar surface area (TPSA) is 117 Å². The molecule has 1 unspecified atom stereocenters. The first-order chi connectivity index (χ1) is 15.1. The van der Waals surface area contributed by atoms with Crippen molar-refractivity contribution in [3.8, 4) is 5.75 Å². The number of carbonyl (C=O) groups excluding carboxylic acids is 2. The van der Waals surface area contributed by atoms with Crippen LogP contribution < -0.4 is 20.5 Å². The third-order valence-electron chi connectivity index (χ3n) is 5.26. The average molecular weight is 475 g/mol. The van der Waals surface area contributed by atoms with Crippen LogP contribution in [-0.4, -0.2) is 43.8 Å². The average Bonchev–Trinajstić information content (AvgIpc) is 3.10. The summed E-state index contributed by atoms with van der Waals surface area (Å²) < 4.78 is 33.0. The summed E-state index contributed by atoms with van der Waals surface area (Å²) >= 11 is 1.20. The molecule has 2 aliphatic heterocycles. The molecular weight excluding hydrogens is 452 g/mol. The van der Waals surface area contributed by atoms with E-state index in [2.05, 4.69) is 15.2 Å². The summed E-state index contributed by atoms with van der Waals surface area (Å²) in [7, 11) is -3.45.